The molecule has 166 valence electrons. The molecular weight excluding hydrogens is 423 g/mol. The van der Waals surface area contributed by atoms with Crippen LogP contribution >= 0.6 is 0 Å². The topological polar surface area (TPSA) is 85.2 Å². The second kappa shape index (κ2) is 8.05. The van der Waals surface area contributed by atoms with Crippen LogP contribution in [0.3, 0.4) is 0 Å². The normalized spacial score (nSPS) is 12.9. The summed E-state index contributed by atoms with van der Waals surface area (Å²) in [4.78, 5) is 28.6. The first-order valence-electron chi connectivity index (χ1n) is 10.5. The number of nitrogens with one attached hydrogen (secondary N) is 2. The number of amides is 2. The van der Waals surface area contributed by atoms with Gasteiger partial charge in [0.2, 0.25) is 5.91 Å². The highest BCUT2D eigenvalue weighted by atomic mass is 19.1. The molecule has 1 aromatic heterocycles. The number of methoxy groups -OCH3 is 1. The summed E-state index contributed by atoms with van der Waals surface area (Å²) in [6.45, 7) is 0. The van der Waals surface area contributed by atoms with E-state index in [1.54, 1.807) is 37.4 Å². The van der Waals surface area contributed by atoms with E-state index in [9.17, 15) is 14.0 Å². The maximum Gasteiger partial charge on any atom is 0.251 e. The van der Waals surface area contributed by atoms with Gasteiger partial charge in [0, 0.05) is 30.4 Å². The fourth-order valence-electron chi connectivity index (χ4n) is 4.12. The van der Waals surface area contributed by atoms with Crippen molar-refractivity contribution in [1.82, 2.24) is 14.9 Å². The van der Waals surface area contributed by atoms with Crippen LogP contribution in [0.25, 0.3) is 28.1 Å². The fourth-order valence-corrected chi connectivity index (χ4v) is 4.12. The second-order valence-corrected chi connectivity index (χ2v) is 7.79. The predicted molar refractivity (Wildman–Crippen MR) is 123 cm³/mol. The Morgan fingerprint density at radius 3 is 2.76 bits per heavy atom. The Kier molecular flexibility index (Phi) is 5.05. The van der Waals surface area contributed by atoms with Crippen molar-refractivity contribution in [3.8, 4) is 22.8 Å². The summed E-state index contributed by atoms with van der Waals surface area (Å²) in [6, 6.07) is 15.4. The van der Waals surface area contributed by atoms with Gasteiger partial charge in [0.15, 0.2) is 0 Å². The summed E-state index contributed by atoms with van der Waals surface area (Å²) < 4.78 is 22.1. The van der Waals surface area contributed by atoms with E-state index in [4.69, 9.17) is 9.72 Å². The van der Waals surface area contributed by atoms with Crippen molar-refractivity contribution in [1.29, 1.82) is 0 Å². The zero-order chi connectivity index (χ0) is 23.1. The van der Waals surface area contributed by atoms with E-state index in [0.29, 0.717) is 35.5 Å². The molecule has 5 rings (SSSR count). The smallest absolute Gasteiger partial charge is 0.251 e. The van der Waals surface area contributed by atoms with Crippen LogP contribution in [0.2, 0.25) is 0 Å². The van der Waals surface area contributed by atoms with Gasteiger partial charge >= 0.3 is 0 Å². The lowest BCUT2D eigenvalue weighted by Crippen LogP contribution is -2.19. The minimum atomic E-state index is -0.441. The molecule has 0 bridgehead atoms. The summed E-state index contributed by atoms with van der Waals surface area (Å²) in [7, 11) is 3.08. The number of carbonyl (C=O) groups excluding carboxylic acids is 2. The minimum Gasteiger partial charge on any atom is -0.497 e. The van der Waals surface area contributed by atoms with Crippen LogP contribution in [0.1, 0.15) is 22.3 Å². The molecule has 0 spiro atoms. The summed E-state index contributed by atoms with van der Waals surface area (Å²) in [6.07, 6.45) is 1.03. The summed E-state index contributed by atoms with van der Waals surface area (Å²) >= 11 is 0. The third-order valence-electron chi connectivity index (χ3n) is 5.80. The Balaban J connectivity index is 1.77. The maximum atomic E-state index is 15.0. The standard InChI is InChI=1S/C25H21FN4O3/c1-27-25(32)15-3-9-22-21(12-15)29-24(18-13-17(33-2)6-7-19(18)26)30(22)16-5-8-20-14(11-16)4-10-23(31)28-20/h3,5-9,11-13H,4,10H2,1-2H3,(H,27,32)(H,28,31). The van der Waals surface area contributed by atoms with E-state index in [0.717, 1.165) is 22.5 Å². The molecule has 1 aliphatic rings. The van der Waals surface area contributed by atoms with Crippen LogP contribution in [0.5, 0.6) is 5.75 Å². The number of ether oxygens (including phenoxy) is 1. The molecule has 2 amide bonds. The second-order valence-electron chi connectivity index (χ2n) is 7.79. The van der Waals surface area contributed by atoms with Crippen molar-refractivity contribution in [2.24, 2.45) is 0 Å². The van der Waals surface area contributed by atoms with E-state index >= 15 is 0 Å². The van der Waals surface area contributed by atoms with Gasteiger partial charge in [-0.1, -0.05) is 0 Å². The predicted octanol–water partition coefficient (Wildman–Crippen LogP) is 4.08. The molecule has 0 saturated heterocycles. The first-order valence-corrected chi connectivity index (χ1v) is 10.5. The van der Waals surface area contributed by atoms with E-state index in [1.807, 2.05) is 22.8 Å². The largest absolute Gasteiger partial charge is 0.497 e. The zero-order valence-electron chi connectivity index (χ0n) is 18.1. The molecule has 33 heavy (non-hydrogen) atoms. The van der Waals surface area contributed by atoms with Crippen LogP contribution in [0.15, 0.2) is 54.6 Å². The van der Waals surface area contributed by atoms with Crippen molar-refractivity contribution < 1.29 is 18.7 Å². The molecule has 7 nitrogen and oxygen atoms in total. The molecule has 0 radical (unpaired) electrons. The van der Waals surface area contributed by atoms with Gasteiger partial charge < -0.3 is 15.4 Å². The average molecular weight is 444 g/mol. The van der Waals surface area contributed by atoms with E-state index in [-0.39, 0.29) is 17.4 Å². The van der Waals surface area contributed by atoms with Gasteiger partial charge in [-0.25, -0.2) is 9.37 Å². The minimum absolute atomic E-state index is 0.01000. The third-order valence-corrected chi connectivity index (χ3v) is 5.80. The number of nitrogens with zero attached hydrogens (tertiary/aromatic N) is 2. The molecule has 4 aromatic rings. The molecular formula is C25H21FN4O3. The number of imidazole rings is 1. The van der Waals surface area contributed by atoms with Crippen molar-refractivity contribution in [2.75, 3.05) is 19.5 Å². The van der Waals surface area contributed by atoms with Gasteiger partial charge in [0.25, 0.3) is 5.91 Å². The highest BCUT2D eigenvalue weighted by Gasteiger charge is 2.21. The Morgan fingerprint density at radius 2 is 1.97 bits per heavy atom. The first-order chi connectivity index (χ1) is 16.0. The van der Waals surface area contributed by atoms with E-state index in [2.05, 4.69) is 10.6 Å². The van der Waals surface area contributed by atoms with Crippen LogP contribution < -0.4 is 15.4 Å². The van der Waals surface area contributed by atoms with Crippen LogP contribution in [-0.4, -0.2) is 35.5 Å². The number of anilines is 1. The van der Waals surface area contributed by atoms with Gasteiger partial charge in [-0.3, -0.25) is 14.2 Å². The van der Waals surface area contributed by atoms with Gasteiger partial charge in [-0.05, 0) is 66.6 Å². The number of halogens is 1. The Labute approximate surface area is 189 Å². The van der Waals surface area contributed by atoms with Crippen LogP contribution in [-0.2, 0) is 11.2 Å². The lowest BCUT2D eigenvalue weighted by Gasteiger charge is -2.19. The maximum absolute atomic E-state index is 15.0. The first kappa shape index (κ1) is 20.7. The van der Waals surface area contributed by atoms with Crippen molar-refractivity contribution in [3.05, 3.63) is 71.5 Å². The number of rotatable bonds is 4. The number of hydrogen-bond donors (Lipinski definition) is 2. The highest BCUT2D eigenvalue weighted by Crippen LogP contribution is 2.34. The summed E-state index contributed by atoms with van der Waals surface area (Å²) in [5, 5.41) is 5.49. The molecule has 3 aromatic carbocycles. The van der Waals surface area contributed by atoms with Crippen LogP contribution in [0.4, 0.5) is 10.1 Å². The number of fused-ring (bicyclic) bond motifs is 2. The number of aromatic nitrogens is 2. The molecule has 2 heterocycles. The quantitative estimate of drug-likeness (QED) is 0.497. The molecule has 8 heteroatoms. The van der Waals surface area contributed by atoms with Gasteiger partial charge in [-0.15, -0.1) is 0 Å². The molecule has 0 saturated carbocycles. The summed E-state index contributed by atoms with van der Waals surface area (Å²) in [5.74, 6) is 0.206. The molecule has 0 aliphatic carbocycles. The van der Waals surface area contributed by atoms with Gasteiger partial charge in [-0.2, -0.15) is 0 Å². The molecule has 0 fully saturated rings. The SMILES string of the molecule is CNC(=O)c1ccc2c(c1)nc(-c1cc(OC)ccc1F)n2-c1ccc2c(c1)CCC(=O)N2. The monoisotopic (exact) mass is 444 g/mol. The van der Waals surface area contributed by atoms with E-state index in [1.165, 1.54) is 13.2 Å². The number of hydrogen-bond acceptors (Lipinski definition) is 4. The number of carbonyl (C=O) groups is 2. The molecule has 2 N–H and O–H groups in total. The highest BCUT2D eigenvalue weighted by molar-refractivity contribution is 5.98. The van der Waals surface area contributed by atoms with Crippen LogP contribution in [0, 0.1) is 5.82 Å². The number of aryl methyl sites for hydroxylation is 1. The molecule has 1 aliphatic heterocycles. The lowest BCUT2D eigenvalue weighted by atomic mass is 10.0. The van der Waals surface area contributed by atoms with Crippen molar-refractivity contribution >= 4 is 28.5 Å². The van der Waals surface area contributed by atoms with Gasteiger partial charge in [0.1, 0.15) is 17.4 Å². The molecule has 0 unspecified atom stereocenters. The van der Waals surface area contributed by atoms with E-state index < -0.39 is 5.82 Å². The summed E-state index contributed by atoms with van der Waals surface area (Å²) in [5.41, 5.74) is 4.55. The molecule has 0 atom stereocenters. The van der Waals surface area contributed by atoms with Crippen molar-refractivity contribution in [3.63, 3.8) is 0 Å². The van der Waals surface area contributed by atoms with Crippen molar-refractivity contribution in [2.45, 2.75) is 12.8 Å². The fraction of sp³-hybridized carbons (Fsp3) is 0.160. The third kappa shape index (κ3) is 3.59. The lowest BCUT2D eigenvalue weighted by molar-refractivity contribution is -0.116. The Bertz CT molecular complexity index is 1430. The average Bonchev–Trinajstić information content (AvgIpc) is 3.22. The zero-order valence-corrected chi connectivity index (χ0v) is 18.1. The number of benzene rings is 3. The Morgan fingerprint density at radius 1 is 1.12 bits per heavy atom. The van der Waals surface area contributed by atoms with Gasteiger partial charge in [0.05, 0.1) is 23.7 Å². The Hall–Kier alpha value is -4.20.